The number of carbonyl (C=O) groups is 4. The molecule has 14 nitrogen and oxygen atoms in total. The predicted molar refractivity (Wildman–Crippen MR) is 231 cm³/mol. The predicted octanol–water partition coefficient (Wildman–Crippen LogP) is 6.82. The fraction of sp³-hybridized carbons (Fsp3) is 0.674. The van der Waals surface area contributed by atoms with Gasteiger partial charge in [0.15, 0.2) is 17.3 Å². The number of nitrogens with zero attached hydrogens (tertiary/aromatic N) is 3. The number of nitrogens with one attached hydrogen (secondary N) is 1. The van der Waals surface area contributed by atoms with Crippen LogP contribution in [0.15, 0.2) is 30.5 Å². The van der Waals surface area contributed by atoms with Crippen molar-refractivity contribution in [1.29, 1.82) is 0 Å². The van der Waals surface area contributed by atoms with Gasteiger partial charge in [-0.25, -0.2) is 17.8 Å². The van der Waals surface area contributed by atoms with Crippen molar-refractivity contribution in [1.82, 2.24) is 14.6 Å². The molecular formula is C46H60F4N4O10S. The zero-order valence-corrected chi connectivity index (χ0v) is 38.6. The molecule has 5 aliphatic rings. The summed E-state index contributed by atoms with van der Waals surface area (Å²) in [6.45, 7) is 8.59. The molecule has 2 amide bonds. The highest BCUT2D eigenvalue weighted by molar-refractivity contribution is 7.91. The molecule has 1 aromatic carbocycles. The van der Waals surface area contributed by atoms with E-state index in [1.165, 1.54) is 18.1 Å². The Morgan fingerprint density at radius 1 is 1.08 bits per heavy atom. The highest BCUT2D eigenvalue weighted by Crippen LogP contribution is 2.58. The number of hydrogen-bond donors (Lipinski definition) is 1. The number of sulfonamides is 1. The molecule has 0 bridgehead atoms. The first-order valence-corrected chi connectivity index (χ1v) is 24.0. The SMILES string of the molecule is CC[C@@H]1C[C@H](C)CC/C=C\[C@@H]2C[C@@]2(C(=O)NS(=O)(=O)C2(C)CC2)CC(=O)[C@@H]2C[C@@H](Oc3ncc(N4CCOCC4)c4cc(OC)c(F)cc34)CN2C(=O)[C@H]1CC(=O)OC(C)(C)C(F)(F)F. The van der Waals surface area contributed by atoms with Crippen LogP contribution in [0.25, 0.3) is 10.8 Å². The highest BCUT2D eigenvalue weighted by Gasteiger charge is 2.63. The maximum atomic E-state index is 15.5. The van der Waals surface area contributed by atoms with Gasteiger partial charge in [0.25, 0.3) is 0 Å². The number of rotatable bonds is 11. The van der Waals surface area contributed by atoms with Gasteiger partial charge in [0.1, 0.15) is 6.10 Å². The summed E-state index contributed by atoms with van der Waals surface area (Å²) >= 11 is 0. The average molecular weight is 937 g/mol. The van der Waals surface area contributed by atoms with E-state index in [4.69, 9.17) is 18.9 Å². The molecule has 1 aromatic heterocycles. The summed E-state index contributed by atoms with van der Waals surface area (Å²) < 4.78 is 107. The van der Waals surface area contributed by atoms with Gasteiger partial charge >= 0.3 is 12.1 Å². The molecular weight excluding hydrogens is 877 g/mol. The first-order valence-electron chi connectivity index (χ1n) is 22.5. The number of carbonyl (C=O) groups excluding carboxylic acids is 4. The molecule has 0 radical (unpaired) electrons. The lowest BCUT2D eigenvalue weighted by atomic mass is 9.79. The van der Waals surface area contributed by atoms with Gasteiger partial charge in [0.05, 0.1) is 67.3 Å². The van der Waals surface area contributed by atoms with Gasteiger partial charge in [0.2, 0.25) is 33.3 Å². The van der Waals surface area contributed by atoms with Crippen LogP contribution in [0.5, 0.6) is 11.6 Å². The molecule has 1 N–H and O–H groups in total. The third-order valence-corrected chi connectivity index (χ3v) is 16.5. The molecule has 0 spiro atoms. The number of aromatic nitrogens is 1. The number of benzene rings is 1. The van der Waals surface area contributed by atoms with Crippen molar-refractivity contribution < 1.29 is 64.1 Å². The number of amides is 2. The van der Waals surface area contributed by atoms with Crippen molar-refractivity contribution >= 4 is 50.1 Å². The van der Waals surface area contributed by atoms with Crippen LogP contribution in [0.4, 0.5) is 23.2 Å². The van der Waals surface area contributed by atoms with Crippen LogP contribution in [0.3, 0.4) is 0 Å². The fourth-order valence-corrected chi connectivity index (χ4v) is 10.9. The molecule has 2 aromatic rings. The molecule has 65 heavy (non-hydrogen) atoms. The Kier molecular flexibility index (Phi) is 13.6. The normalized spacial score (nSPS) is 29.2. The maximum Gasteiger partial charge on any atom is 0.427 e. The molecule has 4 heterocycles. The van der Waals surface area contributed by atoms with Gasteiger partial charge in [-0.3, -0.25) is 23.9 Å². The Morgan fingerprint density at radius 2 is 1.78 bits per heavy atom. The maximum absolute atomic E-state index is 15.5. The van der Waals surface area contributed by atoms with E-state index < -0.39 is 104 Å². The Hall–Kier alpha value is -4.52. The van der Waals surface area contributed by atoms with E-state index in [0.717, 1.165) is 13.8 Å². The molecule has 2 saturated carbocycles. The lowest BCUT2D eigenvalue weighted by Crippen LogP contribution is -2.49. The summed E-state index contributed by atoms with van der Waals surface area (Å²) in [4.78, 5) is 65.6. The van der Waals surface area contributed by atoms with Crippen molar-refractivity contribution in [3.63, 3.8) is 0 Å². The second-order valence-electron chi connectivity index (χ2n) is 19.4. The Balaban J connectivity index is 1.26. The number of allylic oxidation sites excluding steroid dienone is 2. The van der Waals surface area contributed by atoms with Gasteiger partial charge in [0, 0.05) is 36.7 Å². The minimum atomic E-state index is -4.90. The monoisotopic (exact) mass is 936 g/mol. The minimum Gasteiger partial charge on any atom is -0.494 e. The number of esters is 1. The van der Waals surface area contributed by atoms with Gasteiger partial charge in [-0.2, -0.15) is 13.2 Å². The number of ketones is 1. The second kappa shape index (κ2) is 18.3. The molecule has 0 unspecified atom stereocenters. The van der Waals surface area contributed by atoms with Crippen molar-refractivity contribution in [2.45, 2.75) is 127 Å². The molecule has 358 valence electrons. The van der Waals surface area contributed by atoms with Crippen LogP contribution in [-0.2, 0) is 38.7 Å². The van der Waals surface area contributed by atoms with Crippen LogP contribution in [0.2, 0.25) is 0 Å². The van der Waals surface area contributed by atoms with Crippen LogP contribution in [0.1, 0.15) is 98.8 Å². The minimum absolute atomic E-state index is 0.00277. The van der Waals surface area contributed by atoms with Gasteiger partial charge < -0.3 is 28.7 Å². The van der Waals surface area contributed by atoms with E-state index >= 15 is 9.18 Å². The first-order chi connectivity index (χ1) is 30.5. The fourth-order valence-electron chi connectivity index (χ4n) is 9.57. The lowest BCUT2D eigenvalue weighted by Gasteiger charge is -2.34. The Morgan fingerprint density at radius 3 is 2.43 bits per heavy atom. The largest absolute Gasteiger partial charge is 0.494 e. The van der Waals surface area contributed by atoms with E-state index in [9.17, 15) is 36.0 Å². The van der Waals surface area contributed by atoms with Crippen LogP contribution < -0.4 is 19.1 Å². The van der Waals surface area contributed by atoms with Gasteiger partial charge in [-0.05, 0) is 89.2 Å². The smallest absolute Gasteiger partial charge is 0.427 e. The van der Waals surface area contributed by atoms with Crippen LogP contribution in [-0.4, -0.2) is 110 Å². The van der Waals surface area contributed by atoms with E-state index in [1.807, 2.05) is 30.9 Å². The summed E-state index contributed by atoms with van der Waals surface area (Å²) in [5.41, 5.74) is -3.61. The number of hydrogen-bond acceptors (Lipinski definition) is 12. The molecule has 7 rings (SSSR count). The van der Waals surface area contributed by atoms with E-state index in [-0.39, 0.29) is 42.3 Å². The number of fused-ring (bicyclic) bond motifs is 3. The zero-order chi connectivity index (χ0) is 47.3. The average Bonchev–Trinajstić information content (AvgIpc) is 4.13. The first kappa shape index (κ1) is 48.4. The van der Waals surface area contributed by atoms with Crippen molar-refractivity contribution in [3.8, 4) is 11.6 Å². The number of anilines is 1. The molecule has 2 saturated heterocycles. The van der Waals surface area contributed by atoms with Crippen LogP contribution in [0, 0.1) is 34.9 Å². The standard InChI is InChI=1S/C46H60F4N4O10S/c1-7-28-18-27(2)10-8-9-11-29-23-45(29,42(58)52-65(59,60)44(5)12-13-44)24-37(55)35-19-30(26-54(35)41(57)31(28)22-39(56)64-43(3,4)46(48,49)50)63-40-33-20-34(47)38(61-6)21-32(33)36(25-51-40)53-14-16-62-17-15-53/h9,11,20-21,25,27-31,35H,7-8,10,12-19,22-24,26H2,1-6H3,(H,52,58)/b11-9-/t27-,28-,29-,30-,31+,35+,45-/m1/s1. The van der Waals surface area contributed by atoms with E-state index in [0.29, 0.717) is 75.9 Å². The third kappa shape index (κ3) is 9.96. The van der Waals surface area contributed by atoms with Gasteiger partial charge in [-0.15, -0.1) is 0 Å². The molecule has 4 fully saturated rings. The van der Waals surface area contributed by atoms with Crippen LogP contribution >= 0.6 is 0 Å². The number of morpholine rings is 1. The Labute approximate surface area is 377 Å². The van der Waals surface area contributed by atoms with E-state index in [1.54, 1.807) is 19.2 Å². The van der Waals surface area contributed by atoms with Crippen molar-refractivity contribution in [3.05, 3.63) is 36.3 Å². The quantitative estimate of drug-likeness (QED) is 0.142. The topological polar surface area (TPSA) is 171 Å². The highest BCUT2D eigenvalue weighted by atomic mass is 32.2. The summed E-state index contributed by atoms with van der Waals surface area (Å²) in [7, 11) is -2.73. The number of methoxy groups -OCH3 is 1. The molecule has 7 atom stereocenters. The number of pyridine rings is 1. The number of alkyl halides is 3. The number of Topliss-reactive ketones (excluding diaryl/α,β-unsaturated/α-hetero) is 1. The summed E-state index contributed by atoms with van der Waals surface area (Å²) in [5.74, 6) is -6.18. The van der Waals surface area contributed by atoms with E-state index in [2.05, 4.69) is 9.71 Å². The molecule has 3 aliphatic heterocycles. The zero-order valence-electron chi connectivity index (χ0n) is 37.8. The second-order valence-corrected chi connectivity index (χ2v) is 21.6. The number of halogens is 4. The third-order valence-electron chi connectivity index (χ3n) is 14.3. The summed E-state index contributed by atoms with van der Waals surface area (Å²) in [6.07, 6.45) is 1.18. The summed E-state index contributed by atoms with van der Waals surface area (Å²) in [6, 6.07) is 1.52. The van der Waals surface area contributed by atoms with Crippen molar-refractivity contribution in [2.24, 2.45) is 29.1 Å². The Bertz CT molecular complexity index is 2320. The molecule has 19 heteroatoms. The van der Waals surface area contributed by atoms with Crippen molar-refractivity contribution in [2.75, 3.05) is 44.9 Å². The van der Waals surface area contributed by atoms with Gasteiger partial charge in [-0.1, -0.05) is 32.4 Å². The lowest BCUT2D eigenvalue weighted by molar-refractivity contribution is -0.257. The summed E-state index contributed by atoms with van der Waals surface area (Å²) in [5, 5.41) is 0.849. The number of ether oxygens (including phenoxy) is 4. The molecule has 2 aliphatic carbocycles.